The monoisotopic (exact) mass is 298 g/mol. The molecule has 0 amide bonds. The van der Waals surface area contributed by atoms with Crippen molar-refractivity contribution in [1.82, 2.24) is 9.78 Å². The van der Waals surface area contributed by atoms with Crippen molar-refractivity contribution in [1.29, 1.82) is 0 Å². The van der Waals surface area contributed by atoms with Crippen LogP contribution in [-0.4, -0.2) is 14.9 Å². The third-order valence-corrected chi connectivity index (χ3v) is 3.54. The van der Waals surface area contributed by atoms with Gasteiger partial charge in [0, 0.05) is 5.02 Å². The van der Waals surface area contributed by atoms with Gasteiger partial charge in [-0.2, -0.15) is 5.10 Å². The second-order valence-corrected chi connectivity index (χ2v) is 5.35. The first-order chi connectivity index (χ1) is 10.1. The summed E-state index contributed by atoms with van der Waals surface area (Å²) in [6, 6.07) is 18.9. The Balaban J connectivity index is 2.07. The van der Waals surface area contributed by atoms with Crippen molar-refractivity contribution in [3.8, 4) is 5.69 Å². The van der Waals surface area contributed by atoms with Crippen LogP contribution in [0.2, 0.25) is 5.02 Å². The second kappa shape index (κ2) is 5.72. The van der Waals surface area contributed by atoms with Crippen LogP contribution in [0.3, 0.4) is 0 Å². The fourth-order valence-electron chi connectivity index (χ4n) is 2.34. The minimum atomic E-state index is -0.773. The van der Waals surface area contributed by atoms with Gasteiger partial charge in [0.15, 0.2) is 0 Å². The van der Waals surface area contributed by atoms with Gasteiger partial charge in [0.05, 0.1) is 17.1 Å². The largest absolute Gasteiger partial charge is 0.382 e. The number of aliphatic hydroxyl groups excluding tert-OH is 1. The highest BCUT2D eigenvalue weighted by atomic mass is 35.5. The van der Waals surface area contributed by atoms with Crippen molar-refractivity contribution in [2.75, 3.05) is 0 Å². The van der Waals surface area contributed by atoms with Crippen LogP contribution in [0.25, 0.3) is 5.69 Å². The summed E-state index contributed by atoms with van der Waals surface area (Å²) in [4.78, 5) is 0. The van der Waals surface area contributed by atoms with Gasteiger partial charge in [-0.25, -0.2) is 4.68 Å². The van der Waals surface area contributed by atoms with Crippen molar-refractivity contribution in [3.63, 3.8) is 0 Å². The quantitative estimate of drug-likeness (QED) is 0.796. The molecule has 1 N–H and O–H groups in total. The highest BCUT2D eigenvalue weighted by Crippen LogP contribution is 2.26. The van der Waals surface area contributed by atoms with Crippen molar-refractivity contribution in [2.45, 2.75) is 13.0 Å². The molecule has 3 nitrogen and oxygen atoms in total. The highest BCUT2D eigenvalue weighted by Gasteiger charge is 2.18. The fourth-order valence-corrected chi connectivity index (χ4v) is 2.54. The van der Waals surface area contributed by atoms with E-state index in [1.54, 1.807) is 16.8 Å². The Labute approximate surface area is 128 Å². The van der Waals surface area contributed by atoms with Gasteiger partial charge in [-0.15, -0.1) is 0 Å². The van der Waals surface area contributed by atoms with Gasteiger partial charge in [0.25, 0.3) is 0 Å². The normalized spacial score (nSPS) is 12.3. The molecule has 4 heteroatoms. The van der Waals surface area contributed by atoms with Crippen LogP contribution in [0.1, 0.15) is 23.1 Å². The predicted octanol–water partition coefficient (Wildman–Crippen LogP) is 3.92. The zero-order chi connectivity index (χ0) is 14.8. The lowest BCUT2D eigenvalue weighted by Crippen LogP contribution is -2.08. The number of aryl methyl sites for hydroxylation is 1. The molecular formula is C17H15ClN2O. The van der Waals surface area contributed by atoms with Crippen LogP contribution in [0.4, 0.5) is 0 Å². The lowest BCUT2D eigenvalue weighted by atomic mass is 10.1. The first kappa shape index (κ1) is 13.9. The van der Waals surface area contributed by atoms with Crippen molar-refractivity contribution in [2.24, 2.45) is 0 Å². The number of rotatable bonds is 3. The summed E-state index contributed by atoms with van der Waals surface area (Å²) < 4.78 is 1.76. The van der Waals surface area contributed by atoms with Crippen LogP contribution in [0.15, 0.2) is 60.7 Å². The number of nitrogens with zero attached hydrogens (tertiary/aromatic N) is 2. The van der Waals surface area contributed by atoms with E-state index in [2.05, 4.69) is 5.10 Å². The molecule has 1 aromatic heterocycles. The Morgan fingerprint density at radius 1 is 1.05 bits per heavy atom. The topological polar surface area (TPSA) is 38.0 Å². The molecule has 1 heterocycles. The lowest BCUT2D eigenvalue weighted by Gasteiger charge is -2.14. The molecule has 2 aromatic carbocycles. The maximum Gasteiger partial charge on any atom is 0.121 e. The molecule has 0 spiro atoms. The van der Waals surface area contributed by atoms with Gasteiger partial charge < -0.3 is 5.11 Å². The maximum absolute atomic E-state index is 10.7. The number of benzene rings is 2. The molecule has 0 saturated heterocycles. The first-order valence-electron chi connectivity index (χ1n) is 6.70. The molecule has 0 aliphatic rings. The average molecular weight is 299 g/mol. The minimum absolute atomic E-state index is 0.606. The van der Waals surface area contributed by atoms with Crippen LogP contribution >= 0.6 is 11.6 Å². The van der Waals surface area contributed by atoms with E-state index < -0.39 is 6.10 Å². The number of halogens is 1. The third kappa shape index (κ3) is 2.84. The van der Waals surface area contributed by atoms with E-state index in [1.807, 2.05) is 55.5 Å². The Morgan fingerprint density at radius 2 is 1.81 bits per heavy atom. The summed E-state index contributed by atoms with van der Waals surface area (Å²) in [5.74, 6) is 0. The number of para-hydroxylation sites is 1. The van der Waals surface area contributed by atoms with Gasteiger partial charge in [0.1, 0.15) is 6.10 Å². The molecule has 0 radical (unpaired) electrons. The summed E-state index contributed by atoms with van der Waals surface area (Å²) in [5.41, 5.74) is 3.25. The van der Waals surface area contributed by atoms with Gasteiger partial charge in [0.2, 0.25) is 0 Å². The van der Waals surface area contributed by atoms with Gasteiger partial charge in [-0.05, 0) is 42.8 Å². The Bertz CT molecular complexity index is 752. The summed E-state index contributed by atoms with van der Waals surface area (Å²) in [6.45, 7) is 1.91. The van der Waals surface area contributed by atoms with E-state index in [4.69, 9.17) is 11.6 Å². The van der Waals surface area contributed by atoms with E-state index in [1.165, 1.54) is 0 Å². The molecule has 0 saturated carbocycles. The Morgan fingerprint density at radius 3 is 2.52 bits per heavy atom. The SMILES string of the molecule is Cc1cc(C(O)c2cccc(Cl)c2)n(-c2ccccc2)n1. The van der Waals surface area contributed by atoms with E-state index in [9.17, 15) is 5.11 Å². The van der Waals surface area contributed by atoms with Crippen LogP contribution in [0.5, 0.6) is 0 Å². The first-order valence-corrected chi connectivity index (χ1v) is 7.08. The van der Waals surface area contributed by atoms with E-state index >= 15 is 0 Å². The standard InChI is InChI=1S/C17H15ClN2O/c1-12-10-16(17(21)13-6-5-7-14(18)11-13)20(19-12)15-8-3-2-4-9-15/h2-11,17,21H,1H3. The fraction of sp³-hybridized carbons (Fsp3) is 0.118. The van der Waals surface area contributed by atoms with E-state index in [0.717, 1.165) is 22.6 Å². The van der Waals surface area contributed by atoms with Crippen LogP contribution in [-0.2, 0) is 0 Å². The average Bonchev–Trinajstić information content (AvgIpc) is 2.89. The number of hydrogen-bond donors (Lipinski definition) is 1. The smallest absolute Gasteiger partial charge is 0.121 e. The van der Waals surface area contributed by atoms with E-state index in [-0.39, 0.29) is 0 Å². The molecule has 0 bridgehead atoms. The number of aromatic nitrogens is 2. The molecule has 21 heavy (non-hydrogen) atoms. The van der Waals surface area contributed by atoms with Crippen molar-refractivity contribution >= 4 is 11.6 Å². The molecule has 0 aliphatic heterocycles. The van der Waals surface area contributed by atoms with Gasteiger partial charge in [-0.1, -0.05) is 41.9 Å². The summed E-state index contributed by atoms with van der Waals surface area (Å²) in [5, 5.41) is 15.7. The minimum Gasteiger partial charge on any atom is -0.382 e. The molecular weight excluding hydrogens is 284 g/mol. The lowest BCUT2D eigenvalue weighted by molar-refractivity contribution is 0.212. The molecule has 0 fully saturated rings. The van der Waals surface area contributed by atoms with Crippen LogP contribution in [0, 0.1) is 6.92 Å². The molecule has 0 aliphatic carbocycles. The summed E-state index contributed by atoms with van der Waals surface area (Å²) in [7, 11) is 0. The van der Waals surface area contributed by atoms with E-state index in [0.29, 0.717) is 5.02 Å². The zero-order valence-electron chi connectivity index (χ0n) is 11.6. The van der Waals surface area contributed by atoms with Gasteiger partial charge >= 0.3 is 0 Å². The van der Waals surface area contributed by atoms with Crippen molar-refractivity contribution < 1.29 is 5.11 Å². The number of hydrogen-bond acceptors (Lipinski definition) is 2. The zero-order valence-corrected chi connectivity index (χ0v) is 12.3. The van der Waals surface area contributed by atoms with Crippen LogP contribution < -0.4 is 0 Å². The molecule has 3 rings (SSSR count). The molecule has 106 valence electrons. The maximum atomic E-state index is 10.7. The molecule has 1 atom stereocenters. The second-order valence-electron chi connectivity index (χ2n) is 4.92. The summed E-state index contributed by atoms with van der Waals surface area (Å²) in [6.07, 6.45) is -0.773. The number of aliphatic hydroxyl groups is 1. The van der Waals surface area contributed by atoms with Gasteiger partial charge in [-0.3, -0.25) is 0 Å². The predicted molar refractivity (Wildman–Crippen MR) is 83.8 cm³/mol. The molecule has 1 unspecified atom stereocenters. The summed E-state index contributed by atoms with van der Waals surface area (Å²) >= 11 is 6.00. The highest BCUT2D eigenvalue weighted by molar-refractivity contribution is 6.30. The molecule has 3 aromatic rings. The Kier molecular flexibility index (Phi) is 3.78. The van der Waals surface area contributed by atoms with Crippen molar-refractivity contribution in [3.05, 3.63) is 82.6 Å². The Hall–Kier alpha value is -2.10. The third-order valence-electron chi connectivity index (χ3n) is 3.30.